The van der Waals surface area contributed by atoms with Gasteiger partial charge in [-0.15, -0.1) is 0 Å². The van der Waals surface area contributed by atoms with Gasteiger partial charge in [0.05, 0.1) is 6.04 Å². The number of hydrogen-bond donors (Lipinski definition) is 2. The van der Waals surface area contributed by atoms with Crippen LogP contribution in [0.2, 0.25) is 0 Å². The molecule has 0 saturated carbocycles. The summed E-state index contributed by atoms with van der Waals surface area (Å²) in [4.78, 5) is 40.3. The van der Waals surface area contributed by atoms with Crippen LogP contribution in [0.4, 0.5) is 8.78 Å². The molecule has 33 heavy (non-hydrogen) atoms. The number of halogens is 2. The third-order valence-electron chi connectivity index (χ3n) is 6.12. The summed E-state index contributed by atoms with van der Waals surface area (Å²) in [6.45, 7) is 6.55. The largest absolute Gasteiger partial charge is 0.502 e. The van der Waals surface area contributed by atoms with Crippen molar-refractivity contribution < 1.29 is 23.5 Å². The Morgan fingerprint density at radius 2 is 1.70 bits per heavy atom. The van der Waals surface area contributed by atoms with Gasteiger partial charge in [-0.2, -0.15) is 0 Å². The van der Waals surface area contributed by atoms with Crippen molar-refractivity contribution in [3.05, 3.63) is 74.7 Å². The Hall–Kier alpha value is -3.69. The van der Waals surface area contributed by atoms with Crippen LogP contribution in [-0.2, 0) is 6.54 Å². The van der Waals surface area contributed by atoms with E-state index < -0.39 is 52.9 Å². The quantitative estimate of drug-likeness (QED) is 0.688. The van der Waals surface area contributed by atoms with E-state index in [0.29, 0.717) is 5.56 Å². The second kappa shape index (κ2) is 8.02. The predicted molar refractivity (Wildman–Crippen MR) is 117 cm³/mol. The van der Waals surface area contributed by atoms with Crippen molar-refractivity contribution in [3.8, 4) is 5.75 Å². The second-order valence-corrected chi connectivity index (χ2v) is 8.39. The minimum atomic E-state index is -1.04. The van der Waals surface area contributed by atoms with Crippen LogP contribution in [0, 0.1) is 18.6 Å². The predicted octanol–water partition coefficient (Wildman–Crippen LogP) is 2.16. The topological polar surface area (TPSA) is 94.9 Å². The van der Waals surface area contributed by atoms with E-state index in [0.717, 1.165) is 12.1 Å². The van der Waals surface area contributed by atoms with Crippen LogP contribution in [0.3, 0.4) is 0 Å². The van der Waals surface area contributed by atoms with Gasteiger partial charge in [0.2, 0.25) is 5.43 Å². The number of nitrogens with one attached hydrogen (secondary N) is 1. The Bertz CT molecular complexity index is 1230. The number of amides is 2. The molecule has 0 fully saturated rings. The third-order valence-corrected chi connectivity index (χ3v) is 6.12. The maximum atomic E-state index is 14.1. The van der Waals surface area contributed by atoms with Gasteiger partial charge in [0.15, 0.2) is 11.4 Å². The lowest BCUT2D eigenvalue weighted by Crippen LogP contribution is -2.63. The molecule has 1 aromatic heterocycles. The van der Waals surface area contributed by atoms with E-state index >= 15 is 0 Å². The zero-order chi connectivity index (χ0) is 24.2. The Labute approximate surface area is 188 Å². The maximum Gasteiger partial charge on any atom is 0.278 e. The van der Waals surface area contributed by atoms with Crippen LogP contribution in [0.5, 0.6) is 5.75 Å². The van der Waals surface area contributed by atoms with E-state index in [1.807, 2.05) is 26.0 Å². The molecular weight excluding hydrogens is 434 g/mol. The van der Waals surface area contributed by atoms with Crippen LogP contribution in [0.15, 0.2) is 35.3 Å². The summed E-state index contributed by atoms with van der Waals surface area (Å²) in [5.41, 5.74) is -1.70. The minimum absolute atomic E-state index is 0.229. The zero-order valence-electron chi connectivity index (χ0n) is 18.6. The number of carbonyl (C=O) groups is 2. The van der Waals surface area contributed by atoms with E-state index in [9.17, 15) is 28.3 Å². The summed E-state index contributed by atoms with van der Waals surface area (Å²) < 4.78 is 29.6. The van der Waals surface area contributed by atoms with Gasteiger partial charge >= 0.3 is 0 Å². The minimum Gasteiger partial charge on any atom is -0.502 e. The van der Waals surface area contributed by atoms with Crippen LogP contribution >= 0.6 is 0 Å². The molecule has 2 bridgehead atoms. The smallest absolute Gasteiger partial charge is 0.278 e. The van der Waals surface area contributed by atoms with Gasteiger partial charge in [0.25, 0.3) is 11.8 Å². The molecule has 0 saturated heterocycles. The molecule has 2 aromatic rings. The molecule has 2 aliphatic rings. The molecule has 8 nitrogen and oxygen atoms in total. The number of hydrogen-bond acceptors (Lipinski definition) is 5. The van der Waals surface area contributed by atoms with Crippen molar-refractivity contribution >= 4 is 11.8 Å². The Balaban J connectivity index is 1.74. The monoisotopic (exact) mass is 458 g/mol. The fourth-order valence-electron chi connectivity index (χ4n) is 4.46. The third kappa shape index (κ3) is 3.55. The Kier molecular flexibility index (Phi) is 5.47. The fourth-order valence-corrected chi connectivity index (χ4v) is 4.46. The molecule has 3 atom stereocenters. The summed E-state index contributed by atoms with van der Waals surface area (Å²) in [6.07, 6.45) is 4.50. The lowest BCUT2D eigenvalue weighted by molar-refractivity contribution is 0.0541. The average Bonchev–Trinajstić information content (AvgIpc) is 2.81. The normalized spacial score (nSPS) is 21.6. The lowest BCUT2D eigenvalue weighted by Gasteiger charge is -2.47. The van der Waals surface area contributed by atoms with Crippen molar-refractivity contribution in [2.45, 2.75) is 52.5 Å². The van der Waals surface area contributed by atoms with Gasteiger partial charge in [0, 0.05) is 24.3 Å². The van der Waals surface area contributed by atoms with Crippen molar-refractivity contribution in [2.24, 2.45) is 0 Å². The number of benzene rings is 1. The first-order chi connectivity index (χ1) is 15.5. The molecule has 3 heterocycles. The molecule has 10 heteroatoms. The SMILES string of the molecule is Cc1cc(F)c(CNC(=O)c2cn3c(c(O)c2=O)C(=O)N2C(C)N3[C@H](C)C=C[C@@H]2C)c(F)c1. The first-order valence-corrected chi connectivity index (χ1v) is 10.5. The molecule has 0 radical (unpaired) electrons. The summed E-state index contributed by atoms with van der Waals surface area (Å²) >= 11 is 0. The van der Waals surface area contributed by atoms with Crippen molar-refractivity contribution in [1.29, 1.82) is 0 Å². The van der Waals surface area contributed by atoms with Crippen LogP contribution in [0.25, 0.3) is 0 Å². The highest BCUT2D eigenvalue weighted by Gasteiger charge is 2.42. The molecule has 4 rings (SSSR count). The summed E-state index contributed by atoms with van der Waals surface area (Å²) in [5, 5.41) is 14.7. The average molecular weight is 458 g/mol. The molecule has 2 N–H and O–H groups in total. The maximum absolute atomic E-state index is 14.1. The number of aromatic hydroxyl groups is 1. The molecule has 0 aliphatic carbocycles. The van der Waals surface area contributed by atoms with Gasteiger partial charge in [0.1, 0.15) is 23.4 Å². The first kappa shape index (κ1) is 22.5. The van der Waals surface area contributed by atoms with Crippen molar-refractivity contribution in [2.75, 3.05) is 5.01 Å². The second-order valence-electron chi connectivity index (χ2n) is 8.39. The highest BCUT2D eigenvalue weighted by Crippen LogP contribution is 2.30. The molecule has 0 spiro atoms. The summed E-state index contributed by atoms with van der Waals surface area (Å²) in [6, 6.07) is 1.77. The van der Waals surface area contributed by atoms with Crippen LogP contribution in [-0.4, -0.2) is 44.7 Å². The molecular formula is C23H24F2N4O4. The standard InChI is InChI=1S/C23H24F2N4O4/c1-11-7-17(24)15(18(25)8-11)9-26-22(32)16-10-27-19(21(31)20(16)30)23(33)28-12(2)5-6-13(3)29(27)14(28)4/h5-8,10,12-14,31H,9H2,1-4H3,(H,26,32)/t12-,13+,14?/m0/s1. The van der Waals surface area contributed by atoms with Crippen molar-refractivity contribution in [3.63, 3.8) is 0 Å². The zero-order valence-corrected chi connectivity index (χ0v) is 18.6. The Morgan fingerprint density at radius 3 is 2.33 bits per heavy atom. The number of aromatic nitrogens is 1. The number of fused-ring (bicyclic) bond motifs is 4. The summed E-state index contributed by atoms with van der Waals surface area (Å²) in [5.74, 6) is -3.98. The number of nitrogens with zero attached hydrogens (tertiary/aromatic N) is 3. The van der Waals surface area contributed by atoms with Crippen LogP contribution < -0.4 is 15.8 Å². The lowest BCUT2D eigenvalue weighted by atomic mass is 10.1. The van der Waals surface area contributed by atoms with Gasteiger partial charge in [-0.05, 0) is 45.4 Å². The molecule has 2 aliphatic heterocycles. The number of aryl methyl sites for hydroxylation is 1. The summed E-state index contributed by atoms with van der Waals surface area (Å²) in [7, 11) is 0. The number of carbonyl (C=O) groups excluding carboxylic acids is 2. The first-order valence-electron chi connectivity index (χ1n) is 10.5. The number of pyridine rings is 1. The molecule has 1 aromatic carbocycles. The van der Waals surface area contributed by atoms with Gasteiger partial charge in [-0.25, -0.2) is 8.78 Å². The van der Waals surface area contributed by atoms with Gasteiger partial charge < -0.3 is 15.3 Å². The van der Waals surface area contributed by atoms with Gasteiger partial charge in [-0.1, -0.05) is 12.2 Å². The van der Waals surface area contributed by atoms with Crippen molar-refractivity contribution in [1.82, 2.24) is 14.9 Å². The van der Waals surface area contributed by atoms with Crippen LogP contribution in [0.1, 0.15) is 52.7 Å². The fraction of sp³-hybridized carbons (Fsp3) is 0.348. The number of rotatable bonds is 3. The molecule has 2 amide bonds. The highest BCUT2D eigenvalue weighted by molar-refractivity contribution is 5.99. The van der Waals surface area contributed by atoms with E-state index in [2.05, 4.69) is 5.32 Å². The van der Waals surface area contributed by atoms with E-state index in [-0.39, 0.29) is 23.3 Å². The van der Waals surface area contributed by atoms with E-state index in [1.165, 1.54) is 22.7 Å². The molecule has 1 unspecified atom stereocenters. The molecule has 174 valence electrons. The highest BCUT2D eigenvalue weighted by atomic mass is 19.1. The van der Waals surface area contributed by atoms with Gasteiger partial charge in [-0.3, -0.25) is 24.1 Å². The van der Waals surface area contributed by atoms with E-state index in [4.69, 9.17) is 0 Å². The Morgan fingerprint density at radius 1 is 1.09 bits per heavy atom. The van der Waals surface area contributed by atoms with E-state index in [1.54, 1.807) is 11.9 Å².